The minimum absolute atomic E-state index is 0.138. The van der Waals surface area contributed by atoms with Crippen LogP contribution < -0.4 is 10.9 Å². The van der Waals surface area contributed by atoms with Gasteiger partial charge >= 0.3 is 0 Å². The van der Waals surface area contributed by atoms with E-state index in [1.54, 1.807) is 17.9 Å². The fourth-order valence-electron chi connectivity index (χ4n) is 4.05. The van der Waals surface area contributed by atoms with Crippen molar-refractivity contribution in [3.8, 4) is 0 Å². The van der Waals surface area contributed by atoms with Gasteiger partial charge in [0.15, 0.2) is 0 Å². The van der Waals surface area contributed by atoms with Crippen molar-refractivity contribution in [3.05, 3.63) is 93.2 Å². The third kappa shape index (κ3) is 4.12. The zero-order valence-electron chi connectivity index (χ0n) is 17.8. The monoisotopic (exact) mass is 415 g/mol. The van der Waals surface area contributed by atoms with Gasteiger partial charge in [0, 0.05) is 30.6 Å². The summed E-state index contributed by atoms with van der Waals surface area (Å²) in [5, 5.41) is 8.41. The molecule has 2 N–H and O–H groups in total. The Hall–Kier alpha value is -3.74. The first-order valence-corrected chi connectivity index (χ1v) is 10.3. The lowest BCUT2D eigenvalue weighted by molar-refractivity contribution is -0.121. The van der Waals surface area contributed by atoms with Crippen molar-refractivity contribution in [2.24, 2.45) is 7.05 Å². The first kappa shape index (κ1) is 20.5. The molecule has 0 radical (unpaired) electrons. The summed E-state index contributed by atoms with van der Waals surface area (Å²) in [6.45, 7) is 3.83. The zero-order chi connectivity index (χ0) is 22.0. The maximum absolute atomic E-state index is 12.9. The number of H-pyrrole nitrogens is 1. The van der Waals surface area contributed by atoms with Crippen LogP contribution in [0.1, 0.15) is 40.5 Å². The van der Waals surface area contributed by atoms with Crippen LogP contribution in [-0.4, -0.2) is 25.7 Å². The molecule has 0 saturated heterocycles. The van der Waals surface area contributed by atoms with Gasteiger partial charge in [0.1, 0.15) is 5.65 Å². The molecule has 0 aliphatic heterocycles. The van der Waals surface area contributed by atoms with Gasteiger partial charge in [-0.3, -0.25) is 19.3 Å². The number of rotatable bonds is 6. The third-order valence-electron chi connectivity index (χ3n) is 5.58. The molecule has 7 heteroatoms. The number of nitrogens with one attached hydrogen (secondary N) is 2. The molecule has 3 heterocycles. The second-order valence-corrected chi connectivity index (χ2v) is 7.66. The molecule has 1 amide bonds. The molecule has 0 fully saturated rings. The van der Waals surface area contributed by atoms with E-state index >= 15 is 0 Å². The van der Waals surface area contributed by atoms with Crippen molar-refractivity contribution in [2.45, 2.75) is 32.7 Å². The Bertz CT molecular complexity index is 1240. The molecular weight excluding hydrogens is 390 g/mol. The summed E-state index contributed by atoms with van der Waals surface area (Å²) in [6, 6.07) is 15.0. The second-order valence-electron chi connectivity index (χ2n) is 7.66. The molecule has 1 aromatic carbocycles. The smallest absolute Gasteiger partial charge is 0.253 e. The highest BCUT2D eigenvalue weighted by atomic mass is 16.1. The number of aromatic nitrogens is 4. The number of amides is 1. The quantitative estimate of drug-likeness (QED) is 0.506. The van der Waals surface area contributed by atoms with Gasteiger partial charge in [-0.05, 0) is 43.5 Å². The van der Waals surface area contributed by atoms with Crippen molar-refractivity contribution in [2.75, 3.05) is 0 Å². The Kier molecular flexibility index (Phi) is 5.66. The number of aromatic amines is 1. The SMILES string of the molecule is Cc1nn(C)c2[nH]c(=O)c(CCC(=O)NC(c3ccccc3)c3ccccn3)c(C)c12. The Morgan fingerprint density at radius 3 is 2.58 bits per heavy atom. The van der Waals surface area contributed by atoms with Crippen molar-refractivity contribution in [3.63, 3.8) is 0 Å². The standard InChI is InChI=1S/C24H25N5O2/c1-15-18(24(31)27-23-21(15)16(2)28-29(23)3)12-13-20(30)26-22(17-9-5-4-6-10-17)19-11-7-8-14-25-19/h4-11,14,22H,12-13H2,1-3H3,(H,26,30)(H,27,31). The summed E-state index contributed by atoms with van der Waals surface area (Å²) >= 11 is 0. The normalized spacial score (nSPS) is 12.1. The summed E-state index contributed by atoms with van der Waals surface area (Å²) in [5.74, 6) is -0.138. The van der Waals surface area contributed by atoms with Gasteiger partial charge in [0.25, 0.3) is 5.56 Å². The van der Waals surface area contributed by atoms with E-state index in [0.717, 1.165) is 27.9 Å². The van der Waals surface area contributed by atoms with Gasteiger partial charge in [0.05, 0.1) is 17.4 Å². The minimum atomic E-state index is -0.350. The molecule has 1 unspecified atom stereocenters. The lowest BCUT2D eigenvalue weighted by Crippen LogP contribution is -2.30. The van der Waals surface area contributed by atoms with E-state index in [1.165, 1.54) is 0 Å². The molecule has 4 aromatic rings. The van der Waals surface area contributed by atoms with Gasteiger partial charge in [-0.25, -0.2) is 0 Å². The molecule has 0 aliphatic carbocycles. The van der Waals surface area contributed by atoms with Crippen LogP contribution in [0.15, 0.2) is 59.5 Å². The molecule has 0 saturated carbocycles. The Balaban J connectivity index is 1.56. The van der Waals surface area contributed by atoms with Crippen LogP contribution in [-0.2, 0) is 18.3 Å². The first-order valence-electron chi connectivity index (χ1n) is 10.3. The highest BCUT2D eigenvalue weighted by molar-refractivity contribution is 5.83. The number of pyridine rings is 2. The van der Waals surface area contributed by atoms with Crippen molar-refractivity contribution in [1.29, 1.82) is 0 Å². The average molecular weight is 415 g/mol. The molecule has 0 bridgehead atoms. The zero-order valence-corrected chi connectivity index (χ0v) is 17.8. The maximum Gasteiger partial charge on any atom is 0.253 e. The maximum atomic E-state index is 12.9. The topological polar surface area (TPSA) is 92.7 Å². The van der Waals surface area contributed by atoms with Gasteiger partial charge in [0.2, 0.25) is 5.91 Å². The summed E-state index contributed by atoms with van der Waals surface area (Å²) in [6.07, 6.45) is 2.26. The first-order chi connectivity index (χ1) is 15.0. The van der Waals surface area contributed by atoms with E-state index in [1.807, 2.05) is 62.4 Å². The Morgan fingerprint density at radius 1 is 1.13 bits per heavy atom. The van der Waals surface area contributed by atoms with E-state index in [9.17, 15) is 9.59 Å². The molecule has 0 spiro atoms. The molecule has 7 nitrogen and oxygen atoms in total. The van der Waals surface area contributed by atoms with Crippen LogP contribution in [0.2, 0.25) is 0 Å². The highest BCUT2D eigenvalue weighted by Crippen LogP contribution is 2.22. The summed E-state index contributed by atoms with van der Waals surface area (Å²) in [7, 11) is 1.80. The van der Waals surface area contributed by atoms with Crippen LogP contribution in [0.4, 0.5) is 0 Å². The number of nitrogens with zero attached hydrogens (tertiary/aromatic N) is 3. The molecule has 31 heavy (non-hydrogen) atoms. The number of carbonyl (C=O) groups excluding carboxylic acids is 1. The number of benzene rings is 1. The van der Waals surface area contributed by atoms with E-state index in [-0.39, 0.29) is 23.9 Å². The van der Waals surface area contributed by atoms with Crippen molar-refractivity contribution in [1.82, 2.24) is 25.1 Å². The largest absolute Gasteiger partial charge is 0.344 e. The predicted molar refractivity (Wildman–Crippen MR) is 120 cm³/mol. The number of fused-ring (bicyclic) bond motifs is 1. The lowest BCUT2D eigenvalue weighted by Gasteiger charge is -2.19. The average Bonchev–Trinajstić information content (AvgIpc) is 3.06. The minimum Gasteiger partial charge on any atom is -0.344 e. The van der Waals surface area contributed by atoms with E-state index in [2.05, 4.69) is 20.4 Å². The Labute approximate surface area is 180 Å². The lowest BCUT2D eigenvalue weighted by atomic mass is 10.0. The molecular formula is C24H25N5O2. The number of hydrogen-bond donors (Lipinski definition) is 2. The number of carbonyl (C=O) groups is 1. The highest BCUT2D eigenvalue weighted by Gasteiger charge is 2.19. The van der Waals surface area contributed by atoms with Crippen LogP contribution in [0, 0.1) is 13.8 Å². The predicted octanol–water partition coefficient (Wildman–Crippen LogP) is 3.11. The van der Waals surface area contributed by atoms with Gasteiger partial charge in [-0.15, -0.1) is 0 Å². The van der Waals surface area contributed by atoms with Crippen molar-refractivity contribution < 1.29 is 4.79 Å². The van der Waals surface area contributed by atoms with Gasteiger partial charge in [-0.1, -0.05) is 36.4 Å². The molecule has 158 valence electrons. The van der Waals surface area contributed by atoms with Crippen molar-refractivity contribution >= 4 is 16.9 Å². The summed E-state index contributed by atoms with van der Waals surface area (Å²) < 4.78 is 1.67. The van der Waals surface area contributed by atoms with Crippen LogP contribution in [0.5, 0.6) is 0 Å². The molecule has 1 atom stereocenters. The van der Waals surface area contributed by atoms with E-state index in [0.29, 0.717) is 17.6 Å². The van der Waals surface area contributed by atoms with E-state index < -0.39 is 0 Å². The van der Waals surface area contributed by atoms with Crippen LogP contribution in [0.3, 0.4) is 0 Å². The second kappa shape index (κ2) is 8.55. The van der Waals surface area contributed by atoms with Crippen LogP contribution >= 0.6 is 0 Å². The van der Waals surface area contributed by atoms with E-state index in [4.69, 9.17) is 0 Å². The third-order valence-corrected chi connectivity index (χ3v) is 5.58. The van der Waals surface area contributed by atoms with Gasteiger partial charge < -0.3 is 10.3 Å². The van der Waals surface area contributed by atoms with Crippen LogP contribution in [0.25, 0.3) is 11.0 Å². The van der Waals surface area contributed by atoms with Gasteiger partial charge in [-0.2, -0.15) is 5.10 Å². The fourth-order valence-corrected chi connectivity index (χ4v) is 4.05. The summed E-state index contributed by atoms with van der Waals surface area (Å²) in [5.41, 5.74) is 4.60. The number of aryl methyl sites for hydroxylation is 3. The summed E-state index contributed by atoms with van der Waals surface area (Å²) in [4.78, 5) is 32.8. The number of hydrogen-bond acceptors (Lipinski definition) is 4. The molecule has 4 rings (SSSR count). The Morgan fingerprint density at radius 2 is 1.87 bits per heavy atom. The molecule has 3 aromatic heterocycles. The fraction of sp³-hybridized carbons (Fsp3) is 0.250. The molecule has 0 aliphatic rings.